The maximum atomic E-state index is 11.3. The van der Waals surface area contributed by atoms with E-state index in [1.807, 2.05) is 12.1 Å². The number of hydrogen-bond donors (Lipinski definition) is 0. The standard InChI is InChI=1S/C15H12BrN3O2/c1-18(13-4-2-3-12(7-13)10-17)14-6-5-11(9-16)8-15(14)19(20)21/h2-8H,9H2,1H3. The second-order valence-corrected chi connectivity index (χ2v) is 5.00. The highest BCUT2D eigenvalue weighted by molar-refractivity contribution is 9.08. The molecule has 0 N–H and O–H groups in total. The van der Waals surface area contributed by atoms with Crippen molar-refractivity contribution >= 4 is 33.0 Å². The highest BCUT2D eigenvalue weighted by atomic mass is 79.9. The van der Waals surface area contributed by atoms with Crippen molar-refractivity contribution < 1.29 is 4.92 Å². The van der Waals surface area contributed by atoms with Gasteiger partial charge in [-0.25, -0.2) is 0 Å². The number of nitrogens with zero attached hydrogens (tertiary/aromatic N) is 3. The molecule has 0 aromatic heterocycles. The zero-order chi connectivity index (χ0) is 15.4. The summed E-state index contributed by atoms with van der Waals surface area (Å²) in [5.74, 6) is 0. The topological polar surface area (TPSA) is 70.2 Å². The Morgan fingerprint density at radius 2 is 2.10 bits per heavy atom. The molecule has 0 atom stereocenters. The van der Waals surface area contributed by atoms with Crippen molar-refractivity contribution in [1.82, 2.24) is 0 Å². The van der Waals surface area contributed by atoms with E-state index in [9.17, 15) is 10.1 Å². The molecule has 0 saturated carbocycles. The van der Waals surface area contributed by atoms with Crippen LogP contribution in [-0.2, 0) is 5.33 Å². The van der Waals surface area contributed by atoms with E-state index in [1.165, 1.54) is 0 Å². The summed E-state index contributed by atoms with van der Waals surface area (Å²) in [7, 11) is 1.74. The molecule has 0 bridgehead atoms. The van der Waals surface area contributed by atoms with Crippen molar-refractivity contribution in [2.24, 2.45) is 0 Å². The molecule has 0 aliphatic carbocycles. The Morgan fingerprint density at radius 1 is 1.33 bits per heavy atom. The van der Waals surface area contributed by atoms with Gasteiger partial charge in [-0.05, 0) is 29.8 Å². The molecule has 2 rings (SSSR count). The highest BCUT2D eigenvalue weighted by Gasteiger charge is 2.18. The third-order valence-corrected chi connectivity index (χ3v) is 3.76. The Labute approximate surface area is 130 Å². The molecule has 21 heavy (non-hydrogen) atoms. The van der Waals surface area contributed by atoms with E-state index in [0.717, 1.165) is 11.3 Å². The average molecular weight is 346 g/mol. The maximum Gasteiger partial charge on any atom is 0.293 e. The lowest BCUT2D eigenvalue weighted by Gasteiger charge is -2.19. The molecule has 5 nitrogen and oxygen atoms in total. The molecule has 2 aromatic rings. The number of nitriles is 1. The minimum absolute atomic E-state index is 0.0387. The van der Waals surface area contributed by atoms with Crippen LogP contribution in [0.15, 0.2) is 42.5 Å². The van der Waals surface area contributed by atoms with E-state index in [0.29, 0.717) is 16.6 Å². The van der Waals surface area contributed by atoms with Crippen LogP contribution in [0.2, 0.25) is 0 Å². The predicted octanol–water partition coefficient (Wildman–Crippen LogP) is 4.13. The van der Waals surface area contributed by atoms with Gasteiger partial charge in [0.05, 0.1) is 16.6 Å². The van der Waals surface area contributed by atoms with E-state index in [-0.39, 0.29) is 5.69 Å². The molecule has 2 aromatic carbocycles. The van der Waals surface area contributed by atoms with Gasteiger partial charge >= 0.3 is 0 Å². The average Bonchev–Trinajstić information content (AvgIpc) is 2.53. The van der Waals surface area contributed by atoms with Gasteiger partial charge < -0.3 is 4.90 Å². The summed E-state index contributed by atoms with van der Waals surface area (Å²) >= 11 is 3.29. The molecular formula is C15H12BrN3O2. The number of anilines is 2. The Hall–Kier alpha value is -2.39. The van der Waals surface area contributed by atoms with Crippen LogP contribution in [0.25, 0.3) is 0 Å². The third-order valence-electron chi connectivity index (χ3n) is 3.11. The first-order valence-corrected chi connectivity index (χ1v) is 7.26. The van der Waals surface area contributed by atoms with Crippen molar-refractivity contribution in [2.75, 3.05) is 11.9 Å². The summed E-state index contributed by atoms with van der Waals surface area (Å²) in [6, 6.07) is 14.1. The lowest BCUT2D eigenvalue weighted by atomic mass is 10.1. The fourth-order valence-electron chi connectivity index (χ4n) is 2.01. The summed E-state index contributed by atoms with van der Waals surface area (Å²) in [5, 5.41) is 20.8. The Bertz CT molecular complexity index is 725. The lowest BCUT2D eigenvalue weighted by Crippen LogP contribution is -2.11. The SMILES string of the molecule is CN(c1cccc(C#N)c1)c1ccc(CBr)cc1[N+](=O)[O-]. The van der Waals surface area contributed by atoms with Gasteiger partial charge in [-0.3, -0.25) is 10.1 Å². The molecule has 0 heterocycles. The molecule has 0 unspecified atom stereocenters. The van der Waals surface area contributed by atoms with E-state index in [1.54, 1.807) is 42.3 Å². The fraction of sp³-hybridized carbons (Fsp3) is 0.133. The van der Waals surface area contributed by atoms with Crippen molar-refractivity contribution in [2.45, 2.75) is 5.33 Å². The fourth-order valence-corrected chi connectivity index (χ4v) is 2.35. The van der Waals surface area contributed by atoms with Crippen LogP contribution in [-0.4, -0.2) is 12.0 Å². The van der Waals surface area contributed by atoms with Crippen molar-refractivity contribution in [3.05, 3.63) is 63.7 Å². The first-order chi connectivity index (χ1) is 10.1. The second kappa shape index (κ2) is 6.37. The van der Waals surface area contributed by atoms with Gasteiger partial charge in [-0.1, -0.05) is 28.1 Å². The smallest absolute Gasteiger partial charge is 0.293 e. The number of rotatable bonds is 4. The summed E-state index contributed by atoms with van der Waals surface area (Å²) in [6.45, 7) is 0. The van der Waals surface area contributed by atoms with E-state index in [4.69, 9.17) is 5.26 Å². The zero-order valence-corrected chi connectivity index (χ0v) is 12.9. The second-order valence-electron chi connectivity index (χ2n) is 4.43. The Morgan fingerprint density at radius 3 is 2.71 bits per heavy atom. The van der Waals surface area contributed by atoms with Gasteiger partial charge in [-0.15, -0.1) is 0 Å². The number of benzene rings is 2. The minimum atomic E-state index is -0.397. The summed E-state index contributed by atoms with van der Waals surface area (Å²) in [5.41, 5.74) is 2.60. The predicted molar refractivity (Wildman–Crippen MR) is 84.9 cm³/mol. The maximum absolute atomic E-state index is 11.3. The molecule has 0 saturated heterocycles. The third kappa shape index (κ3) is 3.20. The Kier molecular flexibility index (Phi) is 4.55. The zero-order valence-electron chi connectivity index (χ0n) is 11.3. The van der Waals surface area contributed by atoms with Gasteiger partial charge in [-0.2, -0.15) is 5.26 Å². The first kappa shape index (κ1) is 15.0. The van der Waals surface area contributed by atoms with Crippen molar-refractivity contribution in [3.63, 3.8) is 0 Å². The molecule has 6 heteroatoms. The van der Waals surface area contributed by atoms with Crippen LogP contribution in [0, 0.1) is 21.4 Å². The van der Waals surface area contributed by atoms with E-state index < -0.39 is 4.92 Å². The molecule has 0 spiro atoms. The molecule has 0 amide bonds. The normalized spacial score (nSPS) is 9.95. The molecular weight excluding hydrogens is 334 g/mol. The number of nitro groups is 1. The first-order valence-electron chi connectivity index (χ1n) is 6.14. The number of hydrogen-bond acceptors (Lipinski definition) is 4. The van der Waals surface area contributed by atoms with Crippen LogP contribution in [0.3, 0.4) is 0 Å². The van der Waals surface area contributed by atoms with E-state index >= 15 is 0 Å². The number of nitro benzene ring substituents is 1. The van der Waals surface area contributed by atoms with Gasteiger partial charge in [0, 0.05) is 24.1 Å². The van der Waals surface area contributed by atoms with Crippen LogP contribution in [0.1, 0.15) is 11.1 Å². The van der Waals surface area contributed by atoms with Crippen LogP contribution in [0.4, 0.5) is 17.1 Å². The van der Waals surface area contributed by atoms with Crippen LogP contribution >= 0.6 is 15.9 Å². The van der Waals surface area contributed by atoms with Crippen molar-refractivity contribution in [1.29, 1.82) is 5.26 Å². The van der Waals surface area contributed by atoms with E-state index in [2.05, 4.69) is 22.0 Å². The van der Waals surface area contributed by atoms with Crippen molar-refractivity contribution in [3.8, 4) is 6.07 Å². The molecule has 0 fully saturated rings. The quantitative estimate of drug-likeness (QED) is 0.474. The largest absolute Gasteiger partial charge is 0.339 e. The van der Waals surface area contributed by atoms with Gasteiger partial charge in [0.2, 0.25) is 0 Å². The lowest BCUT2D eigenvalue weighted by molar-refractivity contribution is -0.384. The molecule has 0 aliphatic rings. The summed E-state index contributed by atoms with van der Waals surface area (Å²) < 4.78 is 0. The molecule has 0 radical (unpaired) electrons. The molecule has 106 valence electrons. The summed E-state index contributed by atoms with van der Waals surface area (Å²) in [4.78, 5) is 12.6. The number of alkyl halides is 1. The number of halogens is 1. The van der Waals surface area contributed by atoms with Gasteiger partial charge in [0.15, 0.2) is 0 Å². The van der Waals surface area contributed by atoms with Crippen LogP contribution in [0.5, 0.6) is 0 Å². The molecule has 0 aliphatic heterocycles. The van der Waals surface area contributed by atoms with Gasteiger partial charge in [0.1, 0.15) is 5.69 Å². The highest BCUT2D eigenvalue weighted by Crippen LogP contribution is 2.33. The minimum Gasteiger partial charge on any atom is -0.339 e. The monoisotopic (exact) mass is 345 g/mol. The van der Waals surface area contributed by atoms with Crippen LogP contribution < -0.4 is 4.90 Å². The summed E-state index contributed by atoms with van der Waals surface area (Å²) in [6.07, 6.45) is 0. The van der Waals surface area contributed by atoms with Gasteiger partial charge in [0.25, 0.3) is 5.69 Å². The Balaban J connectivity index is 2.49.